The summed E-state index contributed by atoms with van der Waals surface area (Å²) < 4.78 is 6.29. The lowest BCUT2D eigenvalue weighted by atomic mass is 10.00. The monoisotopic (exact) mass is 357 g/mol. The van der Waals surface area contributed by atoms with Crippen LogP contribution >= 0.6 is 27.5 Å². The summed E-state index contributed by atoms with van der Waals surface area (Å²) >= 11 is 9.34. The Bertz CT molecular complexity index is 517. The molecule has 1 aromatic rings. The molecule has 5 heteroatoms. The van der Waals surface area contributed by atoms with Crippen LogP contribution in [0.5, 0.6) is 5.75 Å². The fourth-order valence-corrected chi connectivity index (χ4v) is 2.79. The number of hydrogen-bond donors (Lipinski definition) is 1. The molecule has 1 amide bonds. The number of nitrogens with one attached hydrogen (secondary N) is 1. The molecule has 3 nitrogen and oxygen atoms in total. The van der Waals surface area contributed by atoms with Crippen molar-refractivity contribution in [3.63, 3.8) is 0 Å². The molecule has 0 radical (unpaired) electrons. The van der Waals surface area contributed by atoms with Crippen molar-refractivity contribution in [1.29, 1.82) is 0 Å². The van der Waals surface area contributed by atoms with Gasteiger partial charge in [0.1, 0.15) is 5.75 Å². The smallest absolute Gasteiger partial charge is 0.258 e. The Morgan fingerprint density at radius 3 is 2.95 bits per heavy atom. The molecular weight excluding hydrogens is 342 g/mol. The van der Waals surface area contributed by atoms with Gasteiger partial charge in [0.2, 0.25) is 0 Å². The van der Waals surface area contributed by atoms with Crippen LogP contribution in [0.1, 0.15) is 25.7 Å². The Morgan fingerprint density at radius 2 is 2.25 bits per heavy atom. The standard InChI is InChI=1S/C15H17BrClNO2/c16-12-6-7-14(13(17)8-12)20-10-15(19)18-9-11-4-2-1-3-5-11/h4,6-8H,1-3,5,9-10H2,(H,18,19). The maximum atomic E-state index is 11.7. The second-order valence-corrected chi connectivity index (χ2v) is 6.07. The number of rotatable bonds is 5. The third-order valence-corrected chi connectivity index (χ3v) is 3.94. The molecule has 2 rings (SSSR count). The summed E-state index contributed by atoms with van der Waals surface area (Å²) in [6.07, 6.45) is 6.89. The topological polar surface area (TPSA) is 38.3 Å². The summed E-state index contributed by atoms with van der Waals surface area (Å²) in [5.74, 6) is 0.386. The van der Waals surface area contributed by atoms with Crippen molar-refractivity contribution < 1.29 is 9.53 Å². The van der Waals surface area contributed by atoms with Gasteiger partial charge in [-0.1, -0.05) is 39.2 Å². The molecule has 0 aromatic heterocycles. The van der Waals surface area contributed by atoms with Crippen LogP contribution in [0.2, 0.25) is 5.02 Å². The van der Waals surface area contributed by atoms with Crippen molar-refractivity contribution in [2.45, 2.75) is 25.7 Å². The van der Waals surface area contributed by atoms with E-state index in [0.717, 1.165) is 17.3 Å². The van der Waals surface area contributed by atoms with Gasteiger partial charge in [0.05, 0.1) is 5.02 Å². The molecule has 0 aliphatic heterocycles. The minimum atomic E-state index is -0.129. The van der Waals surface area contributed by atoms with Gasteiger partial charge < -0.3 is 10.1 Å². The van der Waals surface area contributed by atoms with Gasteiger partial charge in [-0.3, -0.25) is 4.79 Å². The highest BCUT2D eigenvalue weighted by molar-refractivity contribution is 9.10. The Labute approximate surface area is 132 Å². The molecule has 1 aliphatic carbocycles. The van der Waals surface area contributed by atoms with Gasteiger partial charge in [-0.25, -0.2) is 0 Å². The lowest BCUT2D eigenvalue weighted by Gasteiger charge is -2.14. The number of carbonyl (C=O) groups is 1. The van der Waals surface area contributed by atoms with Crippen LogP contribution in [0.15, 0.2) is 34.3 Å². The quantitative estimate of drug-likeness (QED) is 0.805. The maximum Gasteiger partial charge on any atom is 0.258 e. The number of hydrogen-bond acceptors (Lipinski definition) is 2. The summed E-state index contributed by atoms with van der Waals surface area (Å²) in [5.41, 5.74) is 1.31. The van der Waals surface area contributed by atoms with E-state index in [9.17, 15) is 4.79 Å². The summed E-state index contributed by atoms with van der Waals surface area (Å²) in [6, 6.07) is 5.30. The lowest BCUT2D eigenvalue weighted by molar-refractivity contribution is -0.122. The number of allylic oxidation sites excluding steroid dienone is 1. The van der Waals surface area contributed by atoms with E-state index in [-0.39, 0.29) is 12.5 Å². The van der Waals surface area contributed by atoms with Crippen LogP contribution in [0, 0.1) is 0 Å². The zero-order chi connectivity index (χ0) is 14.4. The van der Waals surface area contributed by atoms with Crippen LogP contribution in [0.3, 0.4) is 0 Å². The normalized spacial score (nSPS) is 14.6. The van der Waals surface area contributed by atoms with Crippen molar-refractivity contribution in [2.24, 2.45) is 0 Å². The minimum absolute atomic E-state index is 0.0192. The van der Waals surface area contributed by atoms with Gasteiger partial charge in [0.15, 0.2) is 6.61 Å². The van der Waals surface area contributed by atoms with Crippen molar-refractivity contribution >= 4 is 33.4 Å². The van der Waals surface area contributed by atoms with Gasteiger partial charge in [-0.05, 0) is 43.9 Å². The van der Waals surface area contributed by atoms with Crippen LogP contribution in [-0.2, 0) is 4.79 Å². The molecule has 0 bridgehead atoms. The third kappa shape index (κ3) is 4.84. The highest BCUT2D eigenvalue weighted by atomic mass is 79.9. The highest BCUT2D eigenvalue weighted by Crippen LogP contribution is 2.27. The van der Waals surface area contributed by atoms with Crippen molar-refractivity contribution in [3.05, 3.63) is 39.3 Å². The Hall–Kier alpha value is -1.00. The Balaban J connectivity index is 1.75. The molecule has 0 unspecified atom stereocenters. The zero-order valence-electron chi connectivity index (χ0n) is 11.1. The SMILES string of the molecule is O=C(COc1ccc(Br)cc1Cl)NCC1=CCCCC1. The van der Waals surface area contributed by atoms with E-state index in [1.54, 1.807) is 12.1 Å². The first kappa shape index (κ1) is 15.4. The predicted molar refractivity (Wildman–Crippen MR) is 84.2 cm³/mol. The van der Waals surface area contributed by atoms with Gasteiger partial charge in [0.25, 0.3) is 5.91 Å². The van der Waals surface area contributed by atoms with Crippen LogP contribution in [0.25, 0.3) is 0 Å². The van der Waals surface area contributed by atoms with Gasteiger partial charge in [-0.15, -0.1) is 0 Å². The lowest BCUT2D eigenvalue weighted by Crippen LogP contribution is -2.30. The summed E-state index contributed by atoms with van der Waals surface area (Å²) in [5, 5.41) is 3.36. The molecule has 0 heterocycles. The second-order valence-electron chi connectivity index (χ2n) is 4.75. The third-order valence-electron chi connectivity index (χ3n) is 3.15. The van der Waals surface area contributed by atoms with E-state index in [1.807, 2.05) is 6.07 Å². The number of ether oxygens (including phenoxy) is 1. The first-order valence-corrected chi connectivity index (χ1v) is 7.85. The zero-order valence-corrected chi connectivity index (χ0v) is 13.5. The predicted octanol–water partition coefficient (Wildman–Crippen LogP) is 4.10. The van der Waals surface area contributed by atoms with E-state index in [0.29, 0.717) is 17.3 Å². The number of carbonyl (C=O) groups excluding carboxylic acids is 1. The molecule has 1 N–H and O–H groups in total. The number of amides is 1. The summed E-state index contributed by atoms with van der Waals surface area (Å²) in [4.78, 5) is 11.7. The molecule has 108 valence electrons. The summed E-state index contributed by atoms with van der Waals surface area (Å²) in [6.45, 7) is 0.602. The molecular formula is C15H17BrClNO2. The number of benzene rings is 1. The molecule has 20 heavy (non-hydrogen) atoms. The Morgan fingerprint density at radius 1 is 1.40 bits per heavy atom. The average molecular weight is 359 g/mol. The van der Waals surface area contributed by atoms with E-state index < -0.39 is 0 Å². The second kappa shape index (κ2) is 7.70. The molecule has 0 fully saturated rings. The van der Waals surface area contributed by atoms with E-state index in [1.165, 1.54) is 18.4 Å². The van der Waals surface area contributed by atoms with Gasteiger partial charge in [0, 0.05) is 11.0 Å². The Kier molecular flexibility index (Phi) is 5.92. The van der Waals surface area contributed by atoms with Crippen LogP contribution in [-0.4, -0.2) is 19.1 Å². The van der Waals surface area contributed by atoms with Crippen molar-refractivity contribution in [3.8, 4) is 5.75 Å². The van der Waals surface area contributed by atoms with Crippen LogP contribution in [0.4, 0.5) is 0 Å². The fraction of sp³-hybridized carbons (Fsp3) is 0.400. The van der Waals surface area contributed by atoms with Crippen LogP contribution < -0.4 is 10.1 Å². The average Bonchev–Trinajstić information content (AvgIpc) is 2.45. The van der Waals surface area contributed by atoms with Crippen molar-refractivity contribution in [2.75, 3.05) is 13.2 Å². The van der Waals surface area contributed by atoms with E-state index in [2.05, 4.69) is 27.3 Å². The molecule has 1 aliphatic rings. The number of halogens is 2. The summed E-state index contributed by atoms with van der Waals surface area (Å²) in [7, 11) is 0. The highest BCUT2D eigenvalue weighted by Gasteiger charge is 2.08. The van der Waals surface area contributed by atoms with E-state index in [4.69, 9.17) is 16.3 Å². The van der Waals surface area contributed by atoms with E-state index >= 15 is 0 Å². The molecule has 0 spiro atoms. The van der Waals surface area contributed by atoms with Gasteiger partial charge >= 0.3 is 0 Å². The first-order valence-electron chi connectivity index (χ1n) is 6.67. The first-order chi connectivity index (χ1) is 9.65. The molecule has 0 atom stereocenters. The molecule has 0 saturated heterocycles. The maximum absolute atomic E-state index is 11.7. The largest absolute Gasteiger partial charge is 0.482 e. The minimum Gasteiger partial charge on any atom is -0.482 e. The molecule has 0 saturated carbocycles. The van der Waals surface area contributed by atoms with Gasteiger partial charge in [-0.2, -0.15) is 0 Å². The van der Waals surface area contributed by atoms with Crippen molar-refractivity contribution in [1.82, 2.24) is 5.32 Å². The molecule has 1 aromatic carbocycles. The fourth-order valence-electron chi connectivity index (χ4n) is 2.06.